The molecule has 2 atom stereocenters. The Kier molecular flexibility index (Phi) is 5.12. The topological polar surface area (TPSA) is 85.2 Å². The first-order valence-electron chi connectivity index (χ1n) is 7.24. The maximum absolute atomic E-state index is 12.1. The Hall–Kier alpha value is -2.39. The highest BCUT2D eigenvalue weighted by atomic mass is 16.2. The largest absolute Gasteiger partial charge is 0.355 e. The van der Waals surface area contributed by atoms with Crippen molar-refractivity contribution >= 4 is 17.5 Å². The Morgan fingerprint density at radius 1 is 1.23 bits per heavy atom. The van der Waals surface area contributed by atoms with Crippen molar-refractivity contribution in [1.82, 2.24) is 10.2 Å². The van der Waals surface area contributed by atoms with E-state index in [0.717, 1.165) is 6.54 Å². The first-order chi connectivity index (χ1) is 10.5. The smallest absolute Gasteiger partial charge is 0.228 e. The van der Waals surface area contributed by atoms with E-state index in [-0.39, 0.29) is 23.7 Å². The molecule has 2 rings (SSSR count). The molecule has 0 aromatic heterocycles. The third kappa shape index (κ3) is 4.30. The molecule has 0 bridgehead atoms. The second-order valence-electron chi connectivity index (χ2n) is 5.72. The van der Waals surface area contributed by atoms with Crippen LogP contribution < -0.4 is 10.6 Å². The van der Waals surface area contributed by atoms with Gasteiger partial charge in [0, 0.05) is 18.8 Å². The fourth-order valence-electron chi connectivity index (χ4n) is 2.17. The molecule has 0 aliphatic heterocycles. The van der Waals surface area contributed by atoms with Crippen molar-refractivity contribution < 1.29 is 9.59 Å². The van der Waals surface area contributed by atoms with E-state index in [4.69, 9.17) is 5.26 Å². The molecule has 1 aromatic carbocycles. The minimum absolute atomic E-state index is 0.0539. The van der Waals surface area contributed by atoms with Crippen LogP contribution in [0.1, 0.15) is 12.0 Å². The van der Waals surface area contributed by atoms with Crippen molar-refractivity contribution in [2.75, 3.05) is 32.5 Å². The number of carbonyl (C=O) groups excluding carboxylic acids is 2. The normalized spacial score (nSPS) is 19.4. The van der Waals surface area contributed by atoms with Gasteiger partial charge in [-0.15, -0.1) is 0 Å². The number of likely N-dealkylation sites (N-methyl/N-ethyl adjacent to an activating group) is 1. The van der Waals surface area contributed by atoms with Crippen LogP contribution in [0.3, 0.4) is 0 Å². The molecule has 0 saturated heterocycles. The SMILES string of the molecule is CN(C)CCNC(=O)C1CC1C(=O)Nc1ccc(C#N)cc1. The molecule has 0 heterocycles. The zero-order chi connectivity index (χ0) is 16.1. The van der Waals surface area contributed by atoms with Gasteiger partial charge >= 0.3 is 0 Å². The summed E-state index contributed by atoms with van der Waals surface area (Å²) in [4.78, 5) is 25.9. The van der Waals surface area contributed by atoms with E-state index >= 15 is 0 Å². The highest BCUT2D eigenvalue weighted by Gasteiger charge is 2.47. The molecule has 22 heavy (non-hydrogen) atoms. The average Bonchev–Trinajstić information content (AvgIpc) is 3.28. The predicted molar refractivity (Wildman–Crippen MR) is 82.9 cm³/mol. The number of anilines is 1. The van der Waals surface area contributed by atoms with E-state index in [1.165, 1.54) is 0 Å². The van der Waals surface area contributed by atoms with Crippen LogP contribution in [-0.4, -0.2) is 43.9 Å². The number of hydrogen-bond acceptors (Lipinski definition) is 4. The molecule has 116 valence electrons. The summed E-state index contributed by atoms with van der Waals surface area (Å²) in [7, 11) is 3.88. The number of benzene rings is 1. The molecule has 0 spiro atoms. The van der Waals surface area contributed by atoms with Gasteiger partial charge in [-0.2, -0.15) is 5.26 Å². The minimum atomic E-state index is -0.255. The summed E-state index contributed by atoms with van der Waals surface area (Å²) < 4.78 is 0. The minimum Gasteiger partial charge on any atom is -0.355 e. The van der Waals surface area contributed by atoms with Gasteiger partial charge in [0.2, 0.25) is 11.8 Å². The molecule has 6 nitrogen and oxygen atoms in total. The lowest BCUT2D eigenvalue weighted by atomic mass is 10.2. The van der Waals surface area contributed by atoms with Gasteiger partial charge in [0.15, 0.2) is 0 Å². The van der Waals surface area contributed by atoms with Gasteiger partial charge in [0.1, 0.15) is 0 Å². The fraction of sp³-hybridized carbons (Fsp3) is 0.438. The van der Waals surface area contributed by atoms with Crippen LogP contribution in [0.2, 0.25) is 0 Å². The average molecular weight is 300 g/mol. The summed E-state index contributed by atoms with van der Waals surface area (Å²) in [6.07, 6.45) is 0.593. The van der Waals surface area contributed by atoms with Crippen LogP contribution in [0.4, 0.5) is 5.69 Å². The molecule has 0 radical (unpaired) electrons. The molecule has 1 saturated carbocycles. The predicted octanol–water partition coefficient (Wildman–Crippen LogP) is 0.811. The van der Waals surface area contributed by atoms with Crippen LogP contribution in [0.25, 0.3) is 0 Å². The van der Waals surface area contributed by atoms with Crippen molar-refractivity contribution in [3.8, 4) is 6.07 Å². The maximum atomic E-state index is 12.1. The molecule has 2 amide bonds. The summed E-state index contributed by atoms with van der Waals surface area (Å²) in [5.41, 5.74) is 1.19. The number of carbonyl (C=O) groups is 2. The molecule has 2 unspecified atom stereocenters. The lowest BCUT2D eigenvalue weighted by Crippen LogP contribution is -2.33. The molecule has 1 fully saturated rings. The molecular weight excluding hydrogens is 280 g/mol. The zero-order valence-corrected chi connectivity index (χ0v) is 12.8. The first-order valence-corrected chi connectivity index (χ1v) is 7.24. The number of nitrogens with zero attached hydrogens (tertiary/aromatic N) is 2. The maximum Gasteiger partial charge on any atom is 0.228 e. The number of nitrogens with one attached hydrogen (secondary N) is 2. The second kappa shape index (κ2) is 7.05. The third-order valence-electron chi connectivity index (χ3n) is 3.60. The Bertz CT molecular complexity index is 589. The third-order valence-corrected chi connectivity index (χ3v) is 3.60. The monoisotopic (exact) mass is 300 g/mol. The highest BCUT2D eigenvalue weighted by Crippen LogP contribution is 2.39. The van der Waals surface area contributed by atoms with Crippen LogP contribution in [0, 0.1) is 23.2 Å². The Morgan fingerprint density at radius 3 is 2.45 bits per heavy atom. The number of amides is 2. The van der Waals surface area contributed by atoms with Crippen LogP contribution in [-0.2, 0) is 9.59 Å². The zero-order valence-electron chi connectivity index (χ0n) is 12.8. The summed E-state index contributed by atoms with van der Waals surface area (Å²) in [5, 5.41) is 14.3. The lowest BCUT2D eigenvalue weighted by Gasteiger charge is -2.10. The van der Waals surface area contributed by atoms with Gasteiger partial charge in [0.25, 0.3) is 0 Å². The fourth-order valence-corrected chi connectivity index (χ4v) is 2.17. The van der Waals surface area contributed by atoms with E-state index in [1.54, 1.807) is 24.3 Å². The van der Waals surface area contributed by atoms with E-state index in [2.05, 4.69) is 10.6 Å². The Morgan fingerprint density at radius 2 is 1.86 bits per heavy atom. The van der Waals surface area contributed by atoms with Crippen molar-refractivity contribution in [1.29, 1.82) is 5.26 Å². The van der Waals surface area contributed by atoms with E-state index in [0.29, 0.717) is 24.2 Å². The first kappa shape index (κ1) is 16.0. The molecule has 2 N–H and O–H groups in total. The number of rotatable bonds is 6. The van der Waals surface area contributed by atoms with Gasteiger partial charge in [-0.05, 0) is 44.8 Å². The van der Waals surface area contributed by atoms with Crippen molar-refractivity contribution in [3.05, 3.63) is 29.8 Å². The quantitative estimate of drug-likeness (QED) is 0.814. The van der Waals surface area contributed by atoms with E-state index in [9.17, 15) is 9.59 Å². The van der Waals surface area contributed by atoms with E-state index < -0.39 is 0 Å². The molecule has 1 aliphatic carbocycles. The number of hydrogen-bond donors (Lipinski definition) is 2. The second-order valence-corrected chi connectivity index (χ2v) is 5.72. The van der Waals surface area contributed by atoms with Gasteiger partial charge in [0.05, 0.1) is 23.5 Å². The van der Waals surface area contributed by atoms with Crippen LogP contribution in [0.15, 0.2) is 24.3 Å². The van der Waals surface area contributed by atoms with Gasteiger partial charge in [-0.3, -0.25) is 9.59 Å². The van der Waals surface area contributed by atoms with Gasteiger partial charge in [-0.25, -0.2) is 0 Å². The summed E-state index contributed by atoms with van der Waals surface area (Å²) in [5.74, 6) is -0.671. The van der Waals surface area contributed by atoms with Crippen molar-refractivity contribution in [2.24, 2.45) is 11.8 Å². The summed E-state index contributed by atoms with van der Waals surface area (Å²) in [6.45, 7) is 1.37. The summed E-state index contributed by atoms with van der Waals surface area (Å²) in [6, 6.07) is 8.69. The Labute approximate surface area is 130 Å². The van der Waals surface area contributed by atoms with Crippen molar-refractivity contribution in [2.45, 2.75) is 6.42 Å². The van der Waals surface area contributed by atoms with Crippen molar-refractivity contribution in [3.63, 3.8) is 0 Å². The molecular formula is C16H20N4O2. The van der Waals surface area contributed by atoms with Crippen LogP contribution >= 0.6 is 0 Å². The highest BCUT2D eigenvalue weighted by molar-refractivity contribution is 5.99. The Balaban J connectivity index is 1.77. The summed E-state index contributed by atoms with van der Waals surface area (Å²) >= 11 is 0. The van der Waals surface area contributed by atoms with Gasteiger partial charge in [-0.1, -0.05) is 0 Å². The van der Waals surface area contributed by atoms with E-state index in [1.807, 2.05) is 25.1 Å². The molecule has 1 aliphatic rings. The molecule has 1 aromatic rings. The van der Waals surface area contributed by atoms with Crippen LogP contribution in [0.5, 0.6) is 0 Å². The molecule has 6 heteroatoms. The standard InChI is InChI=1S/C16H20N4O2/c1-20(2)8-7-18-15(21)13-9-14(13)16(22)19-12-5-3-11(10-17)4-6-12/h3-6,13-14H,7-9H2,1-2H3,(H,18,21)(H,19,22). The van der Waals surface area contributed by atoms with Gasteiger partial charge < -0.3 is 15.5 Å². The number of nitriles is 1. The lowest BCUT2D eigenvalue weighted by molar-refractivity contribution is -0.125.